The van der Waals surface area contributed by atoms with E-state index in [0.717, 1.165) is 50.1 Å². The zero-order valence-electron chi connectivity index (χ0n) is 13.7. The van der Waals surface area contributed by atoms with Crippen LogP contribution in [0, 0.1) is 11.8 Å². The van der Waals surface area contributed by atoms with E-state index in [0.29, 0.717) is 12.6 Å². The molecule has 2 bridgehead atoms. The highest BCUT2D eigenvalue weighted by molar-refractivity contribution is 5.78. The average molecular weight is 330 g/mol. The maximum atomic E-state index is 13.4. The van der Waals surface area contributed by atoms with Crippen LogP contribution in [-0.2, 0) is 4.79 Å². The molecule has 0 radical (unpaired) electrons. The van der Waals surface area contributed by atoms with Crippen molar-refractivity contribution < 1.29 is 13.6 Å². The van der Waals surface area contributed by atoms with E-state index >= 15 is 0 Å². The van der Waals surface area contributed by atoms with E-state index in [4.69, 9.17) is 0 Å². The van der Waals surface area contributed by atoms with Crippen LogP contribution in [0.3, 0.4) is 0 Å². The lowest BCUT2D eigenvalue weighted by molar-refractivity contribution is -0.126. The lowest BCUT2D eigenvalue weighted by Gasteiger charge is -2.39. The monoisotopic (exact) mass is 330 g/mol. The number of hydrazine groups is 1. The first-order chi connectivity index (χ1) is 11.1. The zero-order chi connectivity index (χ0) is 16.4. The molecule has 5 nitrogen and oxygen atoms in total. The van der Waals surface area contributed by atoms with Crippen LogP contribution in [0.25, 0.3) is 0 Å². The maximum Gasteiger partial charge on any atom is 0.307 e. The van der Waals surface area contributed by atoms with Gasteiger partial charge in [-0.2, -0.15) is 13.8 Å². The number of carbonyl (C=O) groups excluding carboxylic acids is 1. The van der Waals surface area contributed by atoms with Crippen molar-refractivity contribution in [3.8, 4) is 0 Å². The molecule has 3 fully saturated rings. The fourth-order valence-electron chi connectivity index (χ4n) is 4.38. The predicted octanol–water partition coefficient (Wildman–Crippen LogP) is 1.46. The van der Waals surface area contributed by atoms with Gasteiger partial charge in [0.25, 0.3) is 0 Å². The number of hydrogen-bond donors (Lipinski definition) is 3. The summed E-state index contributed by atoms with van der Waals surface area (Å²) in [5.74, 6) is 0.137. The number of alkyl halides is 2. The van der Waals surface area contributed by atoms with E-state index in [9.17, 15) is 13.6 Å². The van der Waals surface area contributed by atoms with Gasteiger partial charge >= 0.3 is 6.55 Å². The number of piperidine rings is 1. The minimum absolute atomic E-state index is 0.00368. The third-order valence-corrected chi connectivity index (χ3v) is 5.67. The first-order valence-corrected chi connectivity index (χ1v) is 8.90. The molecule has 3 aliphatic rings. The Bertz CT molecular complexity index is 423. The summed E-state index contributed by atoms with van der Waals surface area (Å²) in [6.07, 6.45) is 5.88. The molecule has 3 rings (SSSR count). The quantitative estimate of drug-likeness (QED) is 0.637. The number of halogens is 2. The van der Waals surface area contributed by atoms with Gasteiger partial charge in [0.05, 0.1) is 12.1 Å². The average Bonchev–Trinajstić information content (AvgIpc) is 2.94. The van der Waals surface area contributed by atoms with Crippen molar-refractivity contribution in [3.05, 3.63) is 0 Å². The van der Waals surface area contributed by atoms with Gasteiger partial charge in [-0.05, 0) is 38.1 Å². The minimum atomic E-state index is -2.54. The summed E-state index contributed by atoms with van der Waals surface area (Å²) in [7, 11) is 0. The van der Waals surface area contributed by atoms with Gasteiger partial charge < -0.3 is 10.6 Å². The Morgan fingerprint density at radius 2 is 2.00 bits per heavy atom. The molecule has 132 valence electrons. The maximum absolute atomic E-state index is 13.4. The molecule has 1 amide bonds. The fourth-order valence-corrected chi connectivity index (χ4v) is 4.38. The molecule has 0 saturated carbocycles. The van der Waals surface area contributed by atoms with E-state index in [1.165, 1.54) is 0 Å². The van der Waals surface area contributed by atoms with Crippen LogP contribution in [0.2, 0.25) is 0 Å². The number of hydrogen-bond acceptors (Lipinski definition) is 4. The number of nitrogens with one attached hydrogen (secondary N) is 3. The lowest BCUT2D eigenvalue weighted by Crippen LogP contribution is -2.55. The van der Waals surface area contributed by atoms with E-state index in [2.05, 4.69) is 16.1 Å². The standard InChI is InChI=1S/C16H28F2N4O/c1-10-4-2-3-5-12-8-11(6-7-19-12)14-13(21-15(10)23)9-20-22(14)16(17)18/h10-14,16,19-20H,2-9H2,1H3,(H,21,23)/t10-,11?,12?,13?,14?/m1/s1. The molecule has 23 heavy (non-hydrogen) atoms. The van der Waals surface area contributed by atoms with Crippen molar-refractivity contribution in [1.82, 2.24) is 21.1 Å². The Kier molecular flexibility index (Phi) is 5.49. The SMILES string of the molecule is C[C@@H]1CCCCC2CC(CCN2)C2C(CNN2C(F)F)NC1=O. The molecule has 0 aromatic rings. The summed E-state index contributed by atoms with van der Waals surface area (Å²) < 4.78 is 26.8. The molecule has 3 aliphatic heterocycles. The Balaban J connectivity index is 1.81. The first kappa shape index (κ1) is 17.0. The van der Waals surface area contributed by atoms with Crippen molar-refractivity contribution in [3.63, 3.8) is 0 Å². The van der Waals surface area contributed by atoms with Crippen molar-refractivity contribution in [2.45, 2.75) is 70.1 Å². The summed E-state index contributed by atoms with van der Waals surface area (Å²) in [5.41, 5.74) is 2.81. The number of carbonyl (C=O) groups is 1. The topological polar surface area (TPSA) is 56.4 Å². The van der Waals surface area contributed by atoms with Gasteiger partial charge in [-0.1, -0.05) is 19.8 Å². The number of fused-ring (bicyclic) bond motifs is 4. The highest BCUT2D eigenvalue weighted by atomic mass is 19.3. The molecule has 0 aromatic carbocycles. The van der Waals surface area contributed by atoms with Gasteiger partial charge in [0.2, 0.25) is 5.91 Å². The largest absolute Gasteiger partial charge is 0.350 e. The van der Waals surface area contributed by atoms with E-state index < -0.39 is 6.55 Å². The van der Waals surface area contributed by atoms with E-state index in [1.807, 2.05) is 6.92 Å². The molecular formula is C16H28F2N4O. The Morgan fingerprint density at radius 1 is 1.22 bits per heavy atom. The molecule has 5 atom stereocenters. The summed E-state index contributed by atoms with van der Waals surface area (Å²) in [5, 5.41) is 7.65. The van der Waals surface area contributed by atoms with Gasteiger partial charge in [-0.3, -0.25) is 4.79 Å². The van der Waals surface area contributed by atoms with Crippen LogP contribution >= 0.6 is 0 Å². The number of rotatable bonds is 1. The van der Waals surface area contributed by atoms with Crippen LogP contribution in [0.1, 0.15) is 45.4 Å². The second-order valence-electron chi connectivity index (χ2n) is 7.27. The van der Waals surface area contributed by atoms with Gasteiger partial charge in [0.15, 0.2) is 0 Å². The Hall–Kier alpha value is -0.790. The van der Waals surface area contributed by atoms with Crippen molar-refractivity contribution in [2.24, 2.45) is 11.8 Å². The third-order valence-electron chi connectivity index (χ3n) is 5.67. The molecule has 4 unspecified atom stereocenters. The number of nitrogens with zero attached hydrogens (tertiary/aromatic N) is 1. The van der Waals surface area contributed by atoms with Gasteiger partial charge in [0, 0.05) is 18.5 Å². The zero-order valence-corrected chi connectivity index (χ0v) is 13.7. The van der Waals surface area contributed by atoms with Crippen molar-refractivity contribution >= 4 is 5.91 Å². The molecular weight excluding hydrogens is 302 g/mol. The first-order valence-electron chi connectivity index (χ1n) is 8.90. The molecule has 3 heterocycles. The second kappa shape index (κ2) is 7.40. The minimum Gasteiger partial charge on any atom is -0.350 e. The fraction of sp³-hybridized carbons (Fsp3) is 0.938. The molecule has 3 saturated heterocycles. The summed E-state index contributed by atoms with van der Waals surface area (Å²) in [6.45, 7) is 0.658. The van der Waals surface area contributed by atoms with Crippen LogP contribution in [-0.4, -0.2) is 48.7 Å². The third kappa shape index (κ3) is 3.83. The lowest BCUT2D eigenvalue weighted by atomic mass is 9.81. The normalized spacial score (nSPS) is 40.2. The smallest absolute Gasteiger partial charge is 0.307 e. The molecule has 0 aromatic heterocycles. The Labute approximate surface area is 136 Å². The van der Waals surface area contributed by atoms with Gasteiger partial charge in [-0.25, -0.2) is 5.43 Å². The van der Waals surface area contributed by atoms with E-state index in [1.54, 1.807) is 0 Å². The van der Waals surface area contributed by atoms with E-state index in [-0.39, 0.29) is 29.8 Å². The second-order valence-corrected chi connectivity index (χ2v) is 7.27. The van der Waals surface area contributed by atoms with Crippen LogP contribution in [0.4, 0.5) is 8.78 Å². The molecule has 0 spiro atoms. The number of amides is 1. The summed E-state index contributed by atoms with van der Waals surface area (Å²) >= 11 is 0. The predicted molar refractivity (Wildman–Crippen MR) is 83.7 cm³/mol. The van der Waals surface area contributed by atoms with Gasteiger partial charge in [-0.15, -0.1) is 0 Å². The van der Waals surface area contributed by atoms with Crippen LogP contribution in [0.15, 0.2) is 0 Å². The van der Waals surface area contributed by atoms with Crippen LogP contribution in [0.5, 0.6) is 0 Å². The molecule has 7 heteroatoms. The molecule has 3 N–H and O–H groups in total. The molecule has 0 aliphatic carbocycles. The highest BCUT2D eigenvalue weighted by Gasteiger charge is 2.45. The van der Waals surface area contributed by atoms with Crippen LogP contribution < -0.4 is 16.1 Å². The van der Waals surface area contributed by atoms with Crippen molar-refractivity contribution in [1.29, 1.82) is 0 Å². The Morgan fingerprint density at radius 3 is 2.78 bits per heavy atom. The highest BCUT2D eigenvalue weighted by Crippen LogP contribution is 2.31. The summed E-state index contributed by atoms with van der Waals surface area (Å²) in [6, 6.07) is -0.141. The van der Waals surface area contributed by atoms with Crippen molar-refractivity contribution in [2.75, 3.05) is 13.1 Å². The van der Waals surface area contributed by atoms with Gasteiger partial charge in [0.1, 0.15) is 0 Å². The summed E-state index contributed by atoms with van der Waals surface area (Å²) in [4.78, 5) is 12.4.